The predicted molar refractivity (Wildman–Crippen MR) is 70.7 cm³/mol. The third-order valence-corrected chi connectivity index (χ3v) is 4.41. The number of aromatic nitrogens is 2. The van der Waals surface area contributed by atoms with Crippen molar-refractivity contribution in [2.45, 2.75) is 13.0 Å². The molecule has 0 bridgehead atoms. The average molecular weight is 300 g/mol. The summed E-state index contributed by atoms with van der Waals surface area (Å²) in [6, 6.07) is 4.35. The monoisotopic (exact) mass is 299 g/mol. The lowest BCUT2D eigenvalue weighted by Crippen LogP contribution is -2.23. The molecule has 2 aromatic heterocycles. The van der Waals surface area contributed by atoms with E-state index in [0.29, 0.717) is 0 Å². The summed E-state index contributed by atoms with van der Waals surface area (Å²) in [4.78, 5) is 1.30. The maximum atomic E-state index is 4.23. The minimum Gasteiger partial charge on any atom is -0.305 e. The number of nitrogens with zero attached hydrogens (tertiary/aromatic N) is 2. The molecule has 0 aliphatic carbocycles. The minimum atomic E-state index is 0.215. The fraction of sp³-hybridized carbons (Fsp3) is 0.364. The second kappa shape index (κ2) is 5.12. The molecule has 2 rings (SSSR count). The molecule has 1 N–H and O–H groups in total. The molecule has 2 aromatic rings. The Kier molecular flexibility index (Phi) is 3.78. The highest BCUT2D eigenvalue weighted by Gasteiger charge is 2.19. The van der Waals surface area contributed by atoms with Gasteiger partial charge in [0.2, 0.25) is 0 Å². The van der Waals surface area contributed by atoms with Gasteiger partial charge in [0.1, 0.15) is 0 Å². The maximum Gasteiger partial charge on any atom is 0.0853 e. The summed E-state index contributed by atoms with van der Waals surface area (Å²) in [6.45, 7) is 3.05. The summed E-state index contributed by atoms with van der Waals surface area (Å²) in [5.74, 6) is 0. The van der Waals surface area contributed by atoms with E-state index < -0.39 is 0 Å². The van der Waals surface area contributed by atoms with E-state index in [1.165, 1.54) is 10.6 Å². The summed E-state index contributed by atoms with van der Waals surface area (Å²) >= 11 is 5.34. The van der Waals surface area contributed by atoms with E-state index in [9.17, 15) is 0 Å². The Morgan fingerprint density at radius 3 is 2.88 bits per heavy atom. The van der Waals surface area contributed by atoms with E-state index in [-0.39, 0.29) is 6.04 Å². The van der Waals surface area contributed by atoms with E-state index in [1.807, 2.05) is 17.9 Å². The van der Waals surface area contributed by atoms with Crippen LogP contribution in [0.1, 0.15) is 23.5 Å². The molecule has 1 atom stereocenters. The Labute approximate surface area is 108 Å². The van der Waals surface area contributed by atoms with Crippen molar-refractivity contribution in [2.75, 3.05) is 6.54 Å². The van der Waals surface area contributed by atoms with E-state index in [0.717, 1.165) is 11.0 Å². The van der Waals surface area contributed by atoms with Crippen LogP contribution in [-0.4, -0.2) is 16.3 Å². The number of aryl methyl sites for hydroxylation is 1. The van der Waals surface area contributed by atoms with Crippen molar-refractivity contribution in [3.8, 4) is 0 Å². The number of nitrogens with one attached hydrogen (secondary N) is 1. The Hall–Kier alpha value is -0.650. The molecule has 0 radical (unpaired) electrons. The van der Waals surface area contributed by atoms with Gasteiger partial charge in [0.25, 0.3) is 0 Å². The van der Waals surface area contributed by atoms with Gasteiger partial charge in [-0.2, -0.15) is 5.10 Å². The van der Waals surface area contributed by atoms with Gasteiger partial charge in [0.15, 0.2) is 0 Å². The first kappa shape index (κ1) is 11.8. The highest BCUT2D eigenvalue weighted by atomic mass is 79.9. The van der Waals surface area contributed by atoms with Crippen LogP contribution in [0.4, 0.5) is 0 Å². The fourth-order valence-electron chi connectivity index (χ4n) is 1.71. The van der Waals surface area contributed by atoms with Crippen molar-refractivity contribution in [3.63, 3.8) is 0 Å². The van der Waals surface area contributed by atoms with E-state index in [1.54, 1.807) is 11.3 Å². The molecule has 3 nitrogen and oxygen atoms in total. The van der Waals surface area contributed by atoms with Crippen LogP contribution >= 0.6 is 27.3 Å². The molecular weight excluding hydrogens is 286 g/mol. The second-order valence-corrected chi connectivity index (χ2v) is 5.31. The fourth-order valence-corrected chi connectivity index (χ4v) is 3.40. The summed E-state index contributed by atoms with van der Waals surface area (Å²) in [5, 5.41) is 9.81. The van der Waals surface area contributed by atoms with Crippen LogP contribution in [0.25, 0.3) is 0 Å². The van der Waals surface area contributed by atoms with Gasteiger partial charge in [-0.15, -0.1) is 11.3 Å². The number of hydrogen-bond donors (Lipinski definition) is 1. The predicted octanol–water partition coefficient (Wildman–Crippen LogP) is 2.94. The second-order valence-electron chi connectivity index (χ2n) is 3.50. The van der Waals surface area contributed by atoms with E-state index in [4.69, 9.17) is 0 Å². The first-order valence-electron chi connectivity index (χ1n) is 5.18. The SMILES string of the molecule is CCNC(c1sccc1Br)c1ccnn1C. The van der Waals surface area contributed by atoms with Crippen LogP contribution in [0.15, 0.2) is 28.2 Å². The van der Waals surface area contributed by atoms with E-state index >= 15 is 0 Å². The van der Waals surface area contributed by atoms with Gasteiger partial charge < -0.3 is 5.32 Å². The van der Waals surface area contributed by atoms with Crippen molar-refractivity contribution >= 4 is 27.3 Å². The Balaban J connectivity index is 2.39. The molecule has 0 aromatic carbocycles. The van der Waals surface area contributed by atoms with Gasteiger partial charge in [0.05, 0.1) is 11.7 Å². The topological polar surface area (TPSA) is 29.9 Å². The van der Waals surface area contributed by atoms with Crippen molar-refractivity contribution in [1.82, 2.24) is 15.1 Å². The summed E-state index contributed by atoms with van der Waals surface area (Å²) in [5.41, 5.74) is 1.19. The third kappa shape index (κ3) is 2.21. The standard InChI is InChI=1S/C11H14BrN3S/c1-3-13-10(9-4-6-14-15(9)2)11-8(12)5-7-16-11/h4-7,10,13H,3H2,1-2H3. The van der Waals surface area contributed by atoms with Crippen LogP contribution in [0.5, 0.6) is 0 Å². The zero-order chi connectivity index (χ0) is 11.5. The number of thiophene rings is 1. The molecule has 2 heterocycles. The highest BCUT2D eigenvalue weighted by molar-refractivity contribution is 9.10. The summed E-state index contributed by atoms with van der Waals surface area (Å²) in [7, 11) is 1.97. The molecule has 1 unspecified atom stereocenters. The number of hydrogen-bond acceptors (Lipinski definition) is 3. The van der Waals surface area contributed by atoms with Crippen molar-refractivity contribution in [3.05, 3.63) is 38.8 Å². The summed E-state index contributed by atoms with van der Waals surface area (Å²) < 4.78 is 3.07. The minimum absolute atomic E-state index is 0.215. The molecule has 0 spiro atoms. The highest BCUT2D eigenvalue weighted by Crippen LogP contribution is 2.32. The smallest absolute Gasteiger partial charge is 0.0853 e. The molecule has 86 valence electrons. The lowest BCUT2D eigenvalue weighted by Gasteiger charge is -2.17. The van der Waals surface area contributed by atoms with Crippen molar-refractivity contribution in [2.24, 2.45) is 7.05 Å². The van der Waals surface area contributed by atoms with Crippen LogP contribution in [0.2, 0.25) is 0 Å². The van der Waals surface area contributed by atoms with Crippen molar-refractivity contribution < 1.29 is 0 Å². The molecule has 0 aliphatic heterocycles. The van der Waals surface area contributed by atoms with Crippen molar-refractivity contribution in [1.29, 1.82) is 0 Å². The average Bonchev–Trinajstić information content (AvgIpc) is 2.84. The third-order valence-electron chi connectivity index (χ3n) is 2.47. The molecule has 5 heteroatoms. The van der Waals surface area contributed by atoms with Crippen LogP contribution < -0.4 is 5.32 Å². The van der Waals surface area contributed by atoms with Gasteiger partial charge >= 0.3 is 0 Å². The van der Waals surface area contributed by atoms with Gasteiger partial charge in [0, 0.05) is 22.6 Å². The first-order chi connectivity index (χ1) is 7.74. The molecule has 0 aliphatic rings. The normalized spacial score (nSPS) is 12.9. The van der Waals surface area contributed by atoms with E-state index in [2.05, 4.69) is 50.8 Å². The number of rotatable bonds is 4. The van der Waals surface area contributed by atoms with Crippen LogP contribution in [-0.2, 0) is 7.05 Å². The zero-order valence-electron chi connectivity index (χ0n) is 9.27. The zero-order valence-corrected chi connectivity index (χ0v) is 11.7. The molecule has 0 amide bonds. The van der Waals surface area contributed by atoms with Gasteiger partial charge in [-0.1, -0.05) is 6.92 Å². The largest absolute Gasteiger partial charge is 0.305 e. The Bertz CT molecular complexity index is 423. The lowest BCUT2D eigenvalue weighted by molar-refractivity contribution is 0.578. The van der Waals surface area contributed by atoms with Gasteiger partial charge in [-0.25, -0.2) is 0 Å². The van der Waals surface area contributed by atoms with Crippen LogP contribution in [0, 0.1) is 0 Å². The maximum absolute atomic E-state index is 4.23. The Morgan fingerprint density at radius 1 is 1.56 bits per heavy atom. The van der Waals surface area contributed by atoms with Crippen LogP contribution in [0.3, 0.4) is 0 Å². The van der Waals surface area contributed by atoms with Gasteiger partial charge in [-0.05, 0) is 40.0 Å². The molecule has 0 saturated heterocycles. The molecule has 0 fully saturated rings. The molecule has 0 saturated carbocycles. The Morgan fingerprint density at radius 2 is 2.38 bits per heavy atom. The quantitative estimate of drug-likeness (QED) is 0.941. The molecule has 16 heavy (non-hydrogen) atoms. The van der Waals surface area contributed by atoms with Gasteiger partial charge in [-0.3, -0.25) is 4.68 Å². The first-order valence-corrected chi connectivity index (χ1v) is 6.85. The lowest BCUT2D eigenvalue weighted by atomic mass is 10.1. The number of halogens is 1. The summed E-state index contributed by atoms with van der Waals surface area (Å²) in [6.07, 6.45) is 1.83. The molecular formula is C11H14BrN3S.